The van der Waals surface area contributed by atoms with Gasteiger partial charge in [0.05, 0.1) is 52.4 Å². The number of aromatic amines is 1. The lowest BCUT2D eigenvalue weighted by Gasteiger charge is -2.43. The Morgan fingerprint density at radius 1 is 0.855 bits per heavy atom. The number of benzene rings is 1. The molecule has 1 aromatic carbocycles. The lowest BCUT2D eigenvalue weighted by atomic mass is 9.58. The third-order valence-electron chi connectivity index (χ3n) is 15.2. The highest BCUT2D eigenvalue weighted by Crippen LogP contribution is 2.68. The van der Waals surface area contributed by atoms with Gasteiger partial charge in [-0.3, -0.25) is 39.0 Å². The number of anilines is 2. The number of piperidine rings is 2. The van der Waals surface area contributed by atoms with Crippen LogP contribution in [0.1, 0.15) is 88.8 Å². The van der Waals surface area contributed by atoms with Gasteiger partial charge >= 0.3 is 5.69 Å². The average Bonchev–Trinajstić information content (AvgIpc) is 3.90. The molecule has 322 valence electrons. The van der Waals surface area contributed by atoms with E-state index >= 15 is 0 Å². The molecule has 6 aliphatic rings. The van der Waals surface area contributed by atoms with Crippen LogP contribution in [0.5, 0.6) is 0 Å². The number of imidazole rings is 1. The summed E-state index contributed by atoms with van der Waals surface area (Å²) in [6.45, 7) is 6.73. The fourth-order valence-corrected chi connectivity index (χ4v) is 11.4. The van der Waals surface area contributed by atoms with Gasteiger partial charge in [0.2, 0.25) is 11.8 Å². The number of aromatic nitrogens is 7. The van der Waals surface area contributed by atoms with Gasteiger partial charge in [-0.05, 0) is 106 Å². The predicted octanol–water partition coefficient (Wildman–Crippen LogP) is 4.75. The molecule has 11 rings (SSSR count). The number of nitrogens with zero attached hydrogens (tertiary/aromatic N) is 10. The number of piperazine rings is 1. The van der Waals surface area contributed by atoms with Crippen LogP contribution in [0.4, 0.5) is 11.5 Å². The highest BCUT2D eigenvalue weighted by atomic mass is 16.5. The van der Waals surface area contributed by atoms with Crippen molar-refractivity contribution in [2.24, 2.45) is 18.4 Å². The van der Waals surface area contributed by atoms with Crippen LogP contribution in [-0.4, -0.2) is 109 Å². The summed E-state index contributed by atoms with van der Waals surface area (Å²) in [7, 11) is 1.74. The predicted molar refractivity (Wildman–Crippen MR) is 232 cm³/mol. The smallest absolute Gasteiger partial charge is 0.329 e. The number of amides is 2. The number of hydrogen-bond donors (Lipinski definition) is 2. The number of carbonyl (C=O) groups excluding carboxylic acids is 2. The lowest BCUT2D eigenvalue weighted by Crippen LogP contribution is -2.48. The Balaban J connectivity index is 0.642. The molecule has 7 heterocycles. The number of H-pyrrole nitrogens is 1. The minimum absolute atomic E-state index is 0.224. The van der Waals surface area contributed by atoms with E-state index < -0.39 is 17.4 Å². The van der Waals surface area contributed by atoms with Gasteiger partial charge in [0, 0.05) is 76.4 Å². The first-order valence-electron chi connectivity index (χ1n) is 22.7. The van der Waals surface area contributed by atoms with E-state index in [4.69, 9.17) is 9.72 Å². The molecule has 3 aliphatic heterocycles. The number of pyridine rings is 1. The Kier molecular flexibility index (Phi) is 9.68. The fraction of sp³-hybridized carbons (Fsp3) is 0.565. The van der Waals surface area contributed by atoms with E-state index in [1.165, 1.54) is 30.3 Å². The summed E-state index contributed by atoms with van der Waals surface area (Å²) in [4.78, 5) is 58.9. The fourth-order valence-electron chi connectivity index (χ4n) is 11.4. The molecule has 3 saturated carbocycles. The van der Waals surface area contributed by atoms with Crippen LogP contribution in [0.25, 0.3) is 33.3 Å². The van der Waals surface area contributed by atoms with Gasteiger partial charge in [-0.2, -0.15) is 10.4 Å². The Bertz CT molecular complexity index is 2640. The summed E-state index contributed by atoms with van der Waals surface area (Å²) in [6, 6.07) is 12.1. The number of carbonyl (C=O) groups is 2. The highest BCUT2D eigenvalue weighted by Gasteiger charge is 2.62. The second kappa shape index (κ2) is 15.3. The van der Waals surface area contributed by atoms with Crippen molar-refractivity contribution in [2.75, 3.05) is 55.6 Å². The monoisotopic (exact) mass is 838 g/mol. The van der Waals surface area contributed by atoms with Crippen molar-refractivity contribution in [3.8, 4) is 17.5 Å². The van der Waals surface area contributed by atoms with Crippen molar-refractivity contribution in [1.29, 1.82) is 5.26 Å². The van der Waals surface area contributed by atoms with Crippen LogP contribution in [0.2, 0.25) is 0 Å². The minimum atomic E-state index is -0.684. The van der Waals surface area contributed by atoms with Crippen LogP contribution >= 0.6 is 0 Å². The second-order valence-electron chi connectivity index (χ2n) is 19.1. The van der Waals surface area contributed by atoms with Gasteiger partial charge in [-0.15, -0.1) is 0 Å². The quantitative estimate of drug-likeness (QED) is 0.195. The molecule has 2 N–H and O–H groups in total. The van der Waals surface area contributed by atoms with Crippen molar-refractivity contribution < 1.29 is 14.3 Å². The van der Waals surface area contributed by atoms with Crippen LogP contribution in [0.3, 0.4) is 0 Å². The third-order valence-corrected chi connectivity index (χ3v) is 15.2. The van der Waals surface area contributed by atoms with Crippen molar-refractivity contribution in [1.82, 2.24) is 44.5 Å². The number of fused-ring (bicyclic) bond motifs is 2. The Labute approximate surface area is 359 Å². The van der Waals surface area contributed by atoms with Crippen LogP contribution in [0.15, 0.2) is 47.7 Å². The highest BCUT2D eigenvalue weighted by molar-refractivity contribution is 6.00. The van der Waals surface area contributed by atoms with E-state index in [1.807, 2.05) is 24.4 Å². The number of imide groups is 1. The molecule has 5 aromatic rings. The molecule has 4 aromatic heterocycles. The molecule has 0 radical (unpaired) electrons. The van der Waals surface area contributed by atoms with Crippen molar-refractivity contribution >= 4 is 45.3 Å². The van der Waals surface area contributed by atoms with Crippen molar-refractivity contribution in [2.45, 2.75) is 101 Å². The maximum absolute atomic E-state index is 13.2. The minimum Gasteiger partial charge on any atom is -0.375 e. The number of aryl methyl sites for hydroxylation is 1. The normalized spacial score (nSPS) is 25.3. The van der Waals surface area contributed by atoms with Gasteiger partial charge < -0.3 is 14.5 Å². The summed E-state index contributed by atoms with van der Waals surface area (Å²) in [5.74, 6) is 0.896. The van der Waals surface area contributed by atoms with Crippen molar-refractivity contribution in [3.05, 3.63) is 59.0 Å². The summed E-state index contributed by atoms with van der Waals surface area (Å²) in [5.41, 5.74) is 5.45. The molecule has 2 amide bonds. The number of rotatable bonds is 9. The topological polar surface area (TPSA) is 183 Å². The van der Waals surface area contributed by atoms with Crippen LogP contribution in [0, 0.1) is 22.7 Å². The molecule has 3 aliphatic carbocycles. The van der Waals surface area contributed by atoms with E-state index in [0.29, 0.717) is 29.4 Å². The molecular formula is C46H54N12O4. The first-order valence-corrected chi connectivity index (χ1v) is 22.7. The Hall–Kier alpha value is -5.66. The van der Waals surface area contributed by atoms with Gasteiger partial charge in [0.15, 0.2) is 0 Å². The second-order valence-corrected chi connectivity index (χ2v) is 19.1. The van der Waals surface area contributed by atoms with E-state index in [-0.39, 0.29) is 24.1 Å². The van der Waals surface area contributed by atoms with Gasteiger partial charge in [0.25, 0.3) is 0 Å². The van der Waals surface area contributed by atoms with Crippen molar-refractivity contribution in [3.63, 3.8) is 0 Å². The molecule has 1 spiro atoms. The zero-order valence-corrected chi connectivity index (χ0v) is 35.4. The maximum Gasteiger partial charge on any atom is 0.329 e. The summed E-state index contributed by atoms with van der Waals surface area (Å²) in [5, 5.41) is 21.3. The largest absolute Gasteiger partial charge is 0.375 e. The van der Waals surface area contributed by atoms with Gasteiger partial charge in [-0.25, -0.2) is 14.8 Å². The number of nitriles is 1. The van der Waals surface area contributed by atoms with Gasteiger partial charge in [-0.1, -0.05) is 0 Å². The standard InChI is InChI=1S/C46H54N12O4/c1-54-38-20-30(4-7-36(38)58(44(54)61)37-8-9-41(59)51-43(37)60)56-14-10-32(11-15-56)62-31-5-2-29(3-6-31)24-55-16-18-57(19-17-55)40-22-34(49-28-50-40)42-33-21-39(48-23-35(33)52-53-42)46(27-47)25-45(26-46)12-13-45/h4,7,20-23,28-29,31-32,37H,2-3,5-6,8-19,24-26H2,1H3,(H,52,53)(H,51,59,60). The molecule has 6 fully saturated rings. The Morgan fingerprint density at radius 3 is 2.37 bits per heavy atom. The third kappa shape index (κ3) is 7.03. The molecule has 1 unspecified atom stereocenters. The summed E-state index contributed by atoms with van der Waals surface area (Å²) in [6.07, 6.45) is 15.4. The average molecular weight is 839 g/mol. The van der Waals surface area contributed by atoms with Gasteiger partial charge in [0.1, 0.15) is 29.3 Å². The molecule has 16 nitrogen and oxygen atoms in total. The molecule has 1 atom stereocenters. The summed E-state index contributed by atoms with van der Waals surface area (Å²) < 4.78 is 9.86. The number of ether oxygens (including phenoxy) is 1. The summed E-state index contributed by atoms with van der Waals surface area (Å²) >= 11 is 0. The SMILES string of the molecule is Cn1c(=O)n(C2CCC(=O)NC2=O)c2ccc(N3CCC(OC4CCC(CN5CCN(c6cc(-c7n[nH]c8cnc(C9(C#N)CC%10(CC%10)C9)cc78)ncn6)CC5)CC4)CC3)cc21. The molecule has 3 saturated heterocycles. The van der Waals surface area contributed by atoms with E-state index in [1.54, 1.807) is 17.9 Å². The lowest BCUT2D eigenvalue weighted by molar-refractivity contribution is -0.135. The molecule has 62 heavy (non-hydrogen) atoms. The van der Waals surface area contributed by atoms with E-state index in [0.717, 1.165) is 129 Å². The van der Waals surface area contributed by atoms with Crippen LogP contribution < -0.4 is 20.8 Å². The first-order chi connectivity index (χ1) is 30.2. The maximum atomic E-state index is 13.2. The zero-order valence-electron chi connectivity index (χ0n) is 35.4. The first kappa shape index (κ1) is 39.2. The molecular weight excluding hydrogens is 785 g/mol. The number of nitrogens with one attached hydrogen (secondary N) is 2. The number of hydrogen-bond acceptors (Lipinski definition) is 12. The van der Waals surface area contributed by atoms with Crippen LogP contribution in [-0.2, 0) is 26.8 Å². The zero-order chi connectivity index (χ0) is 42.2. The van der Waals surface area contributed by atoms with E-state index in [9.17, 15) is 19.6 Å². The molecule has 0 bridgehead atoms. The molecule has 16 heteroatoms. The Morgan fingerprint density at radius 2 is 1.63 bits per heavy atom. The van der Waals surface area contributed by atoms with E-state index in [2.05, 4.69) is 58.4 Å².